The van der Waals surface area contributed by atoms with Crippen LogP contribution in [0.25, 0.3) is 0 Å². The van der Waals surface area contributed by atoms with E-state index in [4.69, 9.17) is 0 Å². The van der Waals surface area contributed by atoms with E-state index in [2.05, 4.69) is 37.7 Å². The van der Waals surface area contributed by atoms with Crippen molar-refractivity contribution in [3.05, 3.63) is 0 Å². The standard InChI is InChI=1S/C26H48N6O/c1-19(33)32-13-11-20-4-3-5-24(26(20)32)28-22-10-12-27-25(18-22)29-21-6-8-23(9-7-21)31-16-14-30(2)15-17-31/h20-29H,3-18H2,1-2H3. The van der Waals surface area contributed by atoms with Gasteiger partial charge in [0.1, 0.15) is 0 Å². The predicted molar refractivity (Wildman–Crippen MR) is 133 cm³/mol. The van der Waals surface area contributed by atoms with Gasteiger partial charge >= 0.3 is 0 Å². The minimum atomic E-state index is 0.272. The van der Waals surface area contributed by atoms with Crippen LogP contribution >= 0.6 is 0 Å². The summed E-state index contributed by atoms with van der Waals surface area (Å²) in [6.45, 7) is 8.77. The van der Waals surface area contributed by atoms with Crippen molar-refractivity contribution in [2.24, 2.45) is 5.92 Å². The molecule has 0 aromatic rings. The smallest absolute Gasteiger partial charge is 0.219 e. The Kier molecular flexibility index (Phi) is 7.92. The molecule has 3 saturated heterocycles. The number of nitrogens with one attached hydrogen (secondary N) is 3. The van der Waals surface area contributed by atoms with E-state index in [1.54, 1.807) is 6.92 Å². The second-order valence-corrected chi connectivity index (χ2v) is 11.7. The van der Waals surface area contributed by atoms with Gasteiger partial charge in [0.2, 0.25) is 5.91 Å². The third-order valence-electron chi connectivity index (χ3n) is 9.53. The number of likely N-dealkylation sites (tertiary alicyclic amines) is 1. The zero-order valence-corrected chi connectivity index (χ0v) is 21.1. The van der Waals surface area contributed by atoms with Crippen molar-refractivity contribution >= 4 is 5.91 Å². The average molecular weight is 461 g/mol. The molecule has 3 N–H and O–H groups in total. The van der Waals surface area contributed by atoms with Crippen LogP contribution in [0.15, 0.2) is 0 Å². The fourth-order valence-electron chi connectivity index (χ4n) is 7.64. The van der Waals surface area contributed by atoms with Crippen molar-refractivity contribution in [1.29, 1.82) is 0 Å². The van der Waals surface area contributed by atoms with Gasteiger partial charge in [0.15, 0.2) is 0 Å². The Morgan fingerprint density at radius 3 is 2.39 bits per heavy atom. The minimum absolute atomic E-state index is 0.272. The molecule has 0 radical (unpaired) electrons. The molecule has 7 heteroatoms. The molecule has 0 aromatic carbocycles. The molecule has 3 heterocycles. The Balaban J connectivity index is 1.08. The first-order valence-electron chi connectivity index (χ1n) is 14.0. The van der Waals surface area contributed by atoms with Gasteiger partial charge in [-0.05, 0) is 77.3 Å². The molecule has 0 bridgehead atoms. The lowest BCUT2D eigenvalue weighted by atomic mass is 9.80. The fourth-order valence-corrected chi connectivity index (χ4v) is 7.64. The summed E-state index contributed by atoms with van der Waals surface area (Å²) >= 11 is 0. The molecule has 33 heavy (non-hydrogen) atoms. The van der Waals surface area contributed by atoms with Crippen LogP contribution in [0.1, 0.15) is 71.1 Å². The topological polar surface area (TPSA) is 62.9 Å². The van der Waals surface area contributed by atoms with E-state index in [-0.39, 0.29) is 5.91 Å². The number of hydrogen-bond acceptors (Lipinski definition) is 6. The quantitative estimate of drug-likeness (QED) is 0.579. The number of rotatable bonds is 5. The summed E-state index contributed by atoms with van der Waals surface area (Å²) in [6, 6.07) is 2.94. The van der Waals surface area contributed by atoms with Crippen molar-refractivity contribution in [2.45, 2.75) is 108 Å². The Labute approximate surface area is 201 Å². The summed E-state index contributed by atoms with van der Waals surface area (Å²) in [5.41, 5.74) is 0. The molecule has 188 valence electrons. The molecule has 7 nitrogen and oxygen atoms in total. The van der Waals surface area contributed by atoms with Gasteiger partial charge in [0, 0.05) is 69.9 Å². The second-order valence-electron chi connectivity index (χ2n) is 11.7. The van der Waals surface area contributed by atoms with Crippen LogP contribution in [0.2, 0.25) is 0 Å². The van der Waals surface area contributed by atoms with E-state index in [9.17, 15) is 4.79 Å². The van der Waals surface area contributed by atoms with Gasteiger partial charge in [0.05, 0.1) is 6.17 Å². The molecule has 0 spiro atoms. The zero-order chi connectivity index (χ0) is 22.8. The number of likely N-dealkylation sites (N-methyl/N-ethyl adjacent to an activating group) is 1. The first-order valence-corrected chi connectivity index (χ1v) is 14.0. The van der Waals surface area contributed by atoms with Crippen molar-refractivity contribution < 1.29 is 4.79 Å². The van der Waals surface area contributed by atoms with E-state index >= 15 is 0 Å². The zero-order valence-electron chi connectivity index (χ0n) is 21.1. The van der Waals surface area contributed by atoms with E-state index in [1.165, 1.54) is 84.0 Å². The third-order valence-corrected chi connectivity index (χ3v) is 9.53. The van der Waals surface area contributed by atoms with Gasteiger partial charge in [-0.2, -0.15) is 0 Å². The summed E-state index contributed by atoms with van der Waals surface area (Å²) in [5.74, 6) is 0.986. The molecule has 5 unspecified atom stereocenters. The largest absolute Gasteiger partial charge is 0.338 e. The van der Waals surface area contributed by atoms with E-state index in [0.717, 1.165) is 25.6 Å². The van der Waals surface area contributed by atoms with Gasteiger partial charge in [-0.3, -0.25) is 15.0 Å². The molecule has 2 saturated carbocycles. The lowest BCUT2D eigenvalue weighted by molar-refractivity contribution is -0.131. The monoisotopic (exact) mass is 460 g/mol. The number of carbonyl (C=O) groups excluding carboxylic acids is 1. The molecular weight excluding hydrogens is 412 g/mol. The van der Waals surface area contributed by atoms with E-state index in [0.29, 0.717) is 36.3 Å². The van der Waals surface area contributed by atoms with Crippen LogP contribution in [-0.2, 0) is 4.79 Å². The third kappa shape index (κ3) is 5.75. The SMILES string of the molecule is CC(=O)N1CCC2CCCC(NC3CCNC(NC4CCC(N5CCN(C)CC5)CC4)C3)C21. The first-order chi connectivity index (χ1) is 16.1. The predicted octanol–water partition coefficient (Wildman–Crippen LogP) is 1.59. The fraction of sp³-hybridized carbons (Fsp3) is 0.962. The van der Waals surface area contributed by atoms with Crippen molar-refractivity contribution in [1.82, 2.24) is 30.7 Å². The molecule has 5 rings (SSSR count). The van der Waals surface area contributed by atoms with E-state index in [1.807, 2.05) is 0 Å². The maximum Gasteiger partial charge on any atom is 0.219 e. The maximum absolute atomic E-state index is 12.2. The van der Waals surface area contributed by atoms with Crippen LogP contribution < -0.4 is 16.0 Å². The molecule has 2 aliphatic carbocycles. The van der Waals surface area contributed by atoms with Crippen LogP contribution in [-0.4, -0.2) is 103 Å². The molecule has 5 fully saturated rings. The second kappa shape index (κ2) is 10.9. The summed E-state index contributed by atoms with van der Waals surface area (Å²) < 4.78 is 0. The Hall–Kier alpha value is -0.730. The van der Waals surface area contributed by atoms with Crippen LogP contribution in [0.5, 0.6) is 0 Å². The number of carbonyl (C=O) groups is 1. The van der Waals surface area contributed by atoms with Crippen molar-refractivity contribution in [2.75, 3.05) is 46.3 Å². The van der Waals surface area contributed by atoms with Gasteiger partial charge < -0.3 is 20.4 Å². The summed E-state index contributed by atoms with van der Waals surface area (Å²) in [4.78, 5) is 19.6. The average Bonchev–Trinajstić information content (AvgIpc) is 3.26. The Morgan fingerprint density at radius 1 is 0.848 bits per heavy atom. The van der Waals surface area contributed by atoms with E-state index < -0.39 is 0 Å². The molecule has 3 aliphatic heterocycles. The van der Waals surface area contributed by atoms with Gasteiger partial charge in [0.25, 0.3) is 0 Å². The van der Waals surface area contributed by atoms with Crippen LogP contribution in [0.4, 0.5) is 0 Å². The number of fused-ring (bicyclic) bond motifs is 1. The highest BCUT2D eigenvalue weighted by Crippen LogP contribution is 2.37. The molecule has 1 amide bonds. The highest BCUT2D eigenvalue weighted by atomic mass is 16.2. The highest BCUT2D eigenvalue weighted by Gasteiger charge is 2.43. The van der Waals surface area contributed by atoms with Crippen LogP contribution in [0.3, 0.4) is 0 Å². The molecular formula is C26H48N6O. The Morgan fingerprint density at radius 2 is 1.64 bits per heavy atom. The maximum atomic E-state index is 12.2. The number of nitrogens with zero attached hydrogens (tertiary/aromatic N) is 3. The number of hydrogen-bond donors (Lipinski definition) is 3. The Bertz CT molecular complexity index is 645. The summed E-state index contributed by atoms with van der Waals surface area (Å²) in [7, 11) is 2.25. The van der Waals surface area contributed by atoms with Crippen molar-refractivity contribution in [3.8, 4) is 0 Å². The van der Waals surface area contributed by atoms with Gasteiger partial charge in [-0.25, -0.2) is 0 Å². The van der Waals surface area contributed by atoms with Crippen LogP contribution in [0, 0.1) is 5.92 Å². The first kappa shape index (κ1) is 24.0. The number of piperazine rings is 1. The minimum Gasteiger partial charge on any atom is -0.338 e. The van der Waals surface area contributed by atoms with Crippen molar-refractivity contribution in [3.63, 3.8) is 0 Å². The summed E-state index contributed by atoms with van der Waals surface area (Å²) in [6.07, 6.45) is 13.2. The summed E-state index contributed by atoms with van der Waals surface area (Å²) in [5, 5.41) is 11.8. The van der Waals surface area contributed by atoms with Gasteiger partial charge in [-0.15, -0.1) is 0 Å². The lowest BCUT2D eigenvalue weighted by Crippen LogP contribution is -2.60. The number of piperidine rings is 1. The normalized spacial score (nSPS) is 41.2. The molecule has 5 atom stereocenters. The molecule has 0 aromatic heterocycles. The highest BCUT2D eigenvalue weighted by molar-refractivity contribution is 5.74. The van der Waals surface area contributed by atoms with Gasteiger partial charge in [-0.1, -0.05) is 6.42 Å². The molecule has 5 aliphatic rings. The lowest BCUT2D eigenvalue weighted by Gasteiger charge is -2.44. The number of amides is 1.